The standard InChI is InChI=1S/C16H16O/c1-13-7-5-6-10-15(13)16(17)12-11-14-8-3-2-4-9-14/h2-10H,11-12H2,1H3. The number of ketones is 1. The van der Waals surface area contributed by atoms with Crippen LogP contribution in [-0.4, -0.2) is 5.78 Å². The molecule has 0 radical (unpaired) electrons. The zero-order valence-electron chi connectivity index (χ0n) is 10.0. The van der Waals surface area contributed by atoms with Crippen LogP contribution in [0.4, 0.5) is 0 Å². The number of aryl methyl sites for hydroxylation is 2. The molecule has 2 rings (SSSR count). The van der Waals surface area contributed by atoms with E-state index in [0.717, 1.165) is 17.5 Å². The topological polar surface area (TPSA) is 17.1 Å². The number of Topliss-reactive ketones (excluding diaryl/α,β-unsaturated/α-hetero) is 1. The minimum atomic E-state index is 0.229. The number of carbonyl (C=O) groups is 1. The van der Waals surface area contributed by atoms with E-state index < -0.39 is 0 Å². The third-order valence-corrected chi connectivity index (χ3v) is 2.93. The molecule has 1 heteroatoms. The largest absolute Gasteiger partial charge is 0.294 e. The molecule has 0 spiro atoms. The second-order valence-electron chi connectivity index (χ2n) is 4.22. The Labute approximate surface area is 102 Å². The van der Waals surface area contributed by atoms with E-state index in [2.05, 4.69) is 12.1 Å². The van der Waals surface area contributed by atoms with Gasteiger partial charge in [0.15, 0.2) is 5.78 Å². The number of carbonyl (C=O) groups excluding carboxylic acids is 1. The summed E-state index contributed by atoms with van der Waals surface area (Å²) in [6.45, 7) is 1.98. The second kappa shape index (κ2) is 5.44. The molecule has 0 saturated heterocycles. The van der Waals surface area contributed by atoms with Crippen molar-refractivity contribution in [3.63, 3.8) is 0 Å². The number of benzene rings is 2. The molecular formula is C16H16O. The first-order chi connectivity index (χ1) is 8.27. The quantitative estimate of drug-likeness (QED) is 0.722. The minimum Gasteiger partial charge on any atom is -0.294 e. The van der Waals surface area contributed by atoms with Crippen LogP contribution in [0.3, 0.4) is 0 Å². The molecule has 0 unspecified atom stereocenters. The maximum Gasteiger partial charge on any atom is 0.163 e. The van der Waals surface area contributed by atoms with Crippen LogP contribution < -0.4 is 0 Å². The average Bonchev–Trinajstić information content (AvgIpc) is 2.38. The maximum atomic E-state index is 12.0. The van der Waals surface area contributed by atoms with E-state index in [9.17, 15) is 4.79 Å². The molecule has 1 nitrogen and oxygen atoms in total. The first-order valence-electron chi connectivity index (χ1n) is 5.90. The third kappa shape index (κ3) is 3.04. The van der Waals surface area contributed by atoms with Crippen LogP contribution in [0.2, 0.25) is 0 Å². The van der Waals surface area contributed by atoms with Gasteiger partial charge in [0.05, 0.1) is 0 Å². The van der Waals surface area contributed by atoms with Gasteiger partial charge in [-0.2, -0.15) is 0 Å². The zero-order chi connectivity index (χ0) is 12.1. The monoisotopic (exact) mass is 224 g/mol. The highest BCUT2D eigenvalue weighted by molar-refractivity contribution is 5.97. The fourth-order valence-electron chi connectivity index (χ4n) is 1.92. The Morgan fingerprint density at radius 2 is 1.59 bits per heavy atom. The molecule has 0 aromatic heterocycles. The molecule has 0 aliphatic carbocycles. The summed E-state index contributed by atoms with van der Waals surface area (Å²) in [4.78, 5) is 12.0. The van der Waals surface area contributed by atoms with Gasteiger partial charge in [-0.05, 0) is 24.5 Å². The highest BCUT2D eigenvalue weighted by Crippen LogP contribution is 2.12. The fourth-order valence-corrected chi connectivity index (χ4v) is 1.92. The van der Waals surface area contributed by atoms with Crippen LogP contribution in [0, 0.1) is 6.92 Å². The predicted octanol–water partition coefficient (Wildman–Crippen LogP) is 3.81. The van der Waals surface area contributed by atoms with Crippen LogP contribution in [-0.2, 0) is 6.42 Å². The van der Waals surface area contributed by atoms with Gasteiger partial charge in [-0.15, -0.1) is 0 Å². The van der Waals surface area contributed by atoms with E-state index in [1.165, 1.54) is 5.56 Å². The highest BCUT2D eigenvalue weighted by Gasteiger charge is 2.07. The summed E-state index contributed by atoms with van der Waals surface area (Å²) >= 11 is 0. The summed E-state index contributed by atoms with van der Waals surface area (Å²) in [7, 11) is 0. The van der Waals surface area contributed by atoms with Gasteiger partial charge >= 0.3 is 0 Å². The summed E-state index contributed by atoms with van der Waals surface area (Å²) in [5.41, 5.74) is 3.13. The van der Waals surface area contributed by atoms with Gasteiger partial charge < -0.3 is 0 Å². The molecule has 0 N–H and O–H groups in total. The summed E-state index contributed by atoms with van der Waals surface area (Å²) in [5.74, 6) is 0.229. The van der Waals surface area contributed by atoms with Crippen molar-refractivity contribution < 1.29 is 4.79 Å². The van der Waals surface area contributed by atoms with Crippen molar-refractivity contribution >= 4 is 5.78 Å². The van der Waals surface area contributed by atoms with Gasteiger partial charge in [0.2, 0.25) is 0 Å². The highest BCUT2D eigenvalue weighted by atomic mass is 16.1. The van der Waals surface area contributed by atoms with Crippen LogP contribution in [0.25, 0.3) is 0 Å². The van der Waals surface area contributed by atoms with Crippen LogP contribution >= 0.6 is 0 Å². The molecule has 2 aromatic rings. The molecule has 86 valence electrons. The number of hydrogen-bond acceptors (Lipinski definition) is 1. The van der Waals surface area contributed by atoms with E-state index in [-0.39, 0.29) is 5.78 Å². The third-order valence-electron chi connectivity index (χ3n) is 2.93. The number of rotatable bonds is 4. The van der Waals surface area contributed by atoms with E-state index in [4.69, 9.17) is 0 Å². The molecular weight excluding hydrogens is 208 g/mol. The number of hydrogen-bond donors (Lipinski definition) is 0. The van der Waals surface area contributed by atoms with Gasteiger partial charge in [0.25, 0.3) is 0 Å². The van der Waals surface area contributed by atoms with Crippen molar-refractivity contribution in [3.05, 3.63) is 71.3 Å². The van der Waals surface area contributed by atoms with Gasteiger partial charge in [0, 0.05) is 12.0 Å². The molecule has 0 atom stereocenters. The Hall–Kier alpha value is -1.89. The van der Waals surface area contributed by atoms with E-state index >= 15 is 0 Å². The molecule has 0 aliphatic heterocycles. The zero-order valence-corrected chi connectivity index (χ0v) is 10.0. The van der Waals surface area contributed by atoms with Gasteiger partial charge in [0.1, 0.15) is 0 Å². The fraction of sp³-hybridized carbons (Fsp3) is 0.188. The molecule has 2 aromatic carbocycles. The van der Waals surface area contributed by atoms with Crippen LogP contribution in [0.1, 0.15) is 27.9 Å². The lowest BCUT2D eigenvalue weighted by Gasteiger charge is -2.04. The van der Waals surface area contributed by atoms with Crippen molar-refractivity contribution in [2.45, 2.75) is 19.8 Å². The van der Waals surface area contributed by atoms with Crippen molar-refractivity contribution in [3.8, 4) is 0 Å². The van der Waals surface area contributed by atoms with Crippen molar-refractivity contribution in [2.75, 3.05) is 0 Å². The molecule has 17 heavy (non-hydrogen) atoms. The molecule has 0 saturated carbocycles. The smallest absolute Gasteiger partial charge is 0.163 e. The first-order valence-corrected chi connectivity index (χ1v) is 5.90. The van der Waals surface area contributed by atoms with Crippen LogP contribution in [0.5, 0.6) is 0 Å². The SMILES string of the molecule is Cc1ccccc1C(=O)CCc1ccccc1. The summed E-state index contributed by atoms with van der Waals surface area (Å²) in [6.07, 6.45) is 1.39. The van der Waals surface area contributed by atoms with Crippen molar-refractivity contribution in [2.24, 2.45) is 0 Å². The Balaban J connectivity index is 2.01. The molecule has 0 aliphatic rings. The average molecular weight is 224 g/mol. The molecule has 0 fully saturated rings. The molecule has 0 bridgehead atoms. The minimum absolute atomic E-state index is 0.229. The van der Waals surface area contributed by atoms with Crippen LogP contribution in [0.15, 0.2) is 54.6 Å². The van der Waals surface area contributed by atoms with Gasteiger partial charge in [-0.3, -0.25) is 4.79 Å². The van der Waals surface area contributed by atoms with E-state index in [1.807, 2.05) is 49.4 Å². The maximum absolute atomic E-state index is 12.0. The van der Waals surface area contributed by atoms with Crippen molar-refractivity contribution in [1.29, 1.82) is 0 Å². The second-order valence-corrected chi connectivity index (χ2v) is 4.22. The predicted molar refractivity (Wildman–Crippen MR) is 70.3 cm³/mol. The lowest BCUT2D eigenvalue weighted by atomic mass is 9.99. The van der Waals surface area contributed by atoms with E-state index in [1.54, 1.807) is 0 Å². The lowest BCUT2D eigenvalue weighted by molar-refractivity contribution is 0.0982. The summed E-state index contributed by atoms with van der Waals surface area (Å²) < 4.78 is 0. The Morgan fingerprint density at radius 3 is 2.29 bits per heavy atom. The first kappa shape index (κ1) is 11.6. The Kier molecular flexibility index (Phi) is 3.71. The lowest BCUT2D eigenvalue weighted by Crippen LogP contribution is -2.03. The Morgan fingerprint density at radius 1 is 0.941 bits per heavy atom. The molecule has 0 amide bonds. The summed E-state index contributed by atoms with van der Waals surface area (Å²) in [5, 5.41) is 0. The normalized spacial score (nSPS) is 10.2. The van der Waals surface area contributed by atoms with Gasteiger partial charge in [-0.25, -0.2) is 0 Å². The van der Waals surface area contributed by atoms with Crippen molar-refractivity contribution in [1.82, 2.24) is 0 Å². The summed E-state index contributed by atoms with van der Waals surface area (Å²) in [6, 6.07) is 17.9. The molecule has 0 heterocycles. The van der Waals surface area contributed by atoms with Gasteiger partial charge in [-0.1, -0.05) is 54.6 Å². The Bertz CT molecular complexity index is 500. The van der Waals surface area contributed by atoms with E-state index in [0.29, 0.717) is 6.42 Å².